The molecule has 0 aromatic heterocycles. The van der Waals surface area contributed by atoms with Crippen molar-refractivity contribution in [1.29, 1.82) is 0 Å². The summed E-state index contributed by atoms with van der Waals surface area (Å²) in [5.74, 6) is -0.398. The lowest BCUT2D eigenvalue weighted by molar-refractivity contribution is 0.197. The molecule has 1 N–H and O–H groups in total. The standard InChI is InChI=1S/C11H15ClFNO/c1-2-14(5-6-15)8-9-3-4-11(13)10(12)7-9/h3-4,7,15H,2,5-6,8H2,1H3. The highest BCUT2D eigenvalue weighted by molar-refractivity contribution is 6.30. The molecule has 0 amide bonds. The Hall–Kier alpha value is -0.640. The zero-order valence-electron chi connectivity index (χ0n) is 8.71. The van der Waals surface area contributed by atoms with Crippen LogP contribution < -0.4 is 0 Å². The monoisotopic (exact) mass is 231 g/mol. The average Bonchev–Trinajstić information content (AvgIpc) is 2.23. The Morgan fingerprint density at radius 2 is 2.20 bits per heavy atom. The van der Waals surface area contributed by atoms with Gasteiger partial charge in [0.15, 0.2) is 0 Å². The molecule has 2 nitrogen and oxygen atoms in total. The first-order valence-electron chi connectivity index (χ1n) is 4.94. The van der Waals surface area contributed by atoms with Gasteiger partial charge in [0.1, 0.15) is 5.82 Å². The SMILES string of the molecule is CCN(CCO)Cc1ccc(F)c(Cl)c1. The molecular formula is C11H15ClFNO. The summed E-state index contributed by atoms with van der Waals surface area (Å²) in [7, 11) is 0. The van der Waals surface area contributed by atoms with Crippen molar-refractivity contribution in [1.82, 2.24) is 4.90 Å². The van der Waals surface area contributed by atoms with Crippen molar-refractivity contribution in [2.24, 2.45) is 0 Å². The van der Waals surface area contributed by atoms with Crippen LogP contribution in [-0.2, 0) is 6.54 Å². The summed E-state index contributed by atoms with van der Waals surface area (Å²) in [6.45, 7) is 4.28. The van der Waals surface area contributed by atoms with Crippen molar-refractivity contribution in [3.05, 3.63) is 34.6 Å². The molecule has 84 valence electrons. The topological polar surface area (TPSA) is 23.5 Å². The van der Waals surface area contributed by atoms with Gasteiger partial charge in [-0.25, -0.2) is 4.39 Å². The molecule has 0 aliphatic carbocycles. The van der Waals surface area contributed by atoms with Crippen LogP contribution in [-0.4, -0.2) is 29.7 Å². The molecule has 0 radical (unpaired) electrons. The third kappa shape index (κ3) is 3.78. The highest BCUT2D eigenvalue weighted by Crippen LogP contribution is 2.17. The first-order valence-corrected chi connectivity index (χ1v) is 5.32. The summed E-state index contributed by atoms with van der Waals surface area (Å²) in [6.07, 6.45) is 0. The lowest BCUT2D eigenvalue weighted by Gasteiger charge is -2.19. The molecule has 0 unspecified atom stereocenters. The molecule has 0 fully saturated rings. The summed E-state index contributed by atoms with van der Waals surface area (Å²) >= 11 is 5.67. The fourth-order valence-electron chi connectivity index (χ4n) is 1.39. The number of hydrogen-bond donors (Lipinski definition) is 1. The molecule has 0 aliphatic rings. The van der Waals surface area contributed by atoms with Gasteiger partial charge in [0.05, 0.1) is 11.6 Å². The van der Waals surface area contributed by atoms with Crippen LogP contribution in [0.25, 0.3) is 0 Å². The Morgan fingerprint density at radius 3 is 2.73 bits per heavy atom. The number of aliphatic hydroxyl groups excluding tert-OH is 1. The molecule has 1 aromatic rings. The first-order chi connectivity index (χ1) is 7.17. The van der Waals surface area contributed by atoms with Crippen molar-refractivity contribution >= 4 is 11.6 Å². The lowest BCUT2D eigenvalue weighted by Crippen LogP contribution is -2.26. The van der Waals surface area contributed by atoms with Gasteiger partial charge in [0, 0.05) is 13.1 Å². The highest BCUT2D eigenvalue weighted by Gasteiger charge is 2.05. The van der Waals surface area contributed by atoms with Gasteiger partial charge in [-0.15, -0.1) is 0 Å². The van der Waals surface area contributed by atoms with E-state index in [1.165, 1.54) is 6.07 Å². The summed E-state index contributed by atoms with van der Waals surface area (Å²) in [5, 5.41) is 8.96. The van der Waals surface area contributed by atoms with Crippen LogP contribution >= 0.6 is 11.6 Å². The van der Waals surface area contributed by atoms with E-state index in [9.17, 15) is 4.39 Å². The van der Waals surface area contributed by atoms with E-state index in [2.05, 4.69) is 4.90 Å². The van der Waals surface area contributed by atoms with Crippen molar-refractivity contribution in [3.8, 4) is 0 Å². The van der Waals surface area contributed by atoms with E-state index in [4.69, 9.17) is 16.7 Å². The molecular weight excluding hydrogens is 217 g/mol. The fourth-order valence-corrected chi connectivity index (χ4v) is 1.59. The molecule has 1 rings (SSSR count). The molecule has 0 heterocycles. The second-order valence-electron chi connectivity index (χ2n) is 3.34. The molecule has 15 heavy (non-hydrogen) atoms. The van der Waals surface area contributed by atoms with Gasteiger partial charge in [-0.2, -0.15) is 0 Å². The van der Waals surface area contributed by atoms with Crippen LogP contribution in [0.2, 0.25) is 5.02 Å². The third-order valence-corrected chi connectivity index (χ3v) is 2.54. The summed E-state index contributed by atoms with van der Waals surface area (Å²) in [5.41, 5.74) is 0.955. The van der Waals surface area contributed by atoms with Gasteiger partial charge in [0.25, 0.3) is 0 Å². The lowest BCUT2D eigenvalue weighted by atomic mass is 10.2. The van der Waals surface area contributed by atoms with E-state index in [1.54, 1.807) is 12.1 Å². The number of nitrogens with zero attached hydrogens (tertiary/aromatic N) is 1. The molecule has 0 saturated heterocycles. The van der Waals surface area contributed by atoms with Gasteiger partial charge < -0.3 is 5.11 Å². The maximum atomic E-state index is 12.9. The Balaban J connectivity index is 2.66. The molecule has 4 heteroatoms. The van der Waals surface area contributed by atoms with E-state index >= 15 is 0 Å². The zero-order chi connectivity index (χ0) is 11.3. The minimum absolute atomic E-state index is 0.128. The van der Waals surface area contributed by atoms with Gasteiger partial charge in [-0.1, -0.05) is 24.6 Å². The highest BCUT2D eigenvalue weighted by atomic mass is 35.5. The van der Waals surface area contributed by atoms with Crippen LogP contribution in [0.4, 0.5) is 4.39 Å². The molecule has 0 spiro atoms. The van der Waals surface area contributed by atoms with E-state index < -0.39 is 5.82 Å². The van der Waals surface area contributed by atoms with E-state index in [1.807, 2.05) is 6.92 Å². The van der Waals surface area contributed by atoms with Crippen molar-refractivity contribution in [2.45, 2.75) is 13.5 Å². The van der Waals surface area contributed by atoms with Crippen LogP contribution in [0.5, 0.6) is 0 Å². The van der Waals surface area contributed by atoms with Gasteiger partial charge in [-0.05, 0) is 24.2 Å². The van der Waals surface area contributed by atoms with Gasteiger partial charge >= 0.3 is 0 Å². The maximum absolute atomic E-state index is 12.9. The quantitative estimate of drug-likeness (QED) is 0.841. The molecule has 0 aliphatic heterocycles. The minimum atomic E-state index is -0.398. The second-order valence-corrected chi connectivity index (χ2v) is 3.75. The predicted octanol–water partition coefficient (Wildman–Crippen LogP) is 2.29. The number of rotatable bonds is 5. The van der Waals surface area contributed by atoms with Crippen molar-refractivity contribution in [2.75, 3.05) is 19.7 Å². The van der Waals surface area contributed by atoms with Gasteiger partial charge in [-0.3, -0.25) is 4.90 Å². The van der Waals surface area contributed by atoms with E-state index in [0.29, 0.717) is 13.1 Å². The smallest absolute Gasteiger partial charge is 0.141 e. The number of likely N-dealkylation sites (N-methyl/N-ethyl adjacent to an activating group) is 1. The number of aliphatic hydroxyl groups is 1. The molecule has 1 aromatic carbocycles. The second kappa shape index (κ2) is 6.05. The predicted molar refractivity (Wildman–Crippen MR) is 59.4 cm³/mol. The molecule has 0 bridgehead atoms. The van der Waals surface area contributed by atoms with Crippen LogP contribution in [0.1, 0.15) is 12.5 Å². The number of benzene rings is 1. The van der Waals surface area contributed by atoms with Crippen molar-refractivity contribution < 1.29 is 9.50 Å². The minimum Gasteiger partial charge on any atom is -0.395 e. The normalized spacial score (nSPS) is 11.0. The molecule has 0 atom stereocenters. The Kier molecular flexibility index (Phi) is 5.02. The Bertz CT molecular complexity index is 319. The van der Waals surface area contributed by atoms with Gasteiger partial charge in [0.2, 0.25) is 0 Å². The Labute approximate surface area is 94.3 Å². The number of halogens is 2. The van der Waals surface area contributed by atoms with Crippen molar-refractivity contribution in [3.63, 3.8) is 0 Å². The Morgan fingerprint density at radius 1 is 1.47 bits per heavy atom. The summed E-state index contributed by atoms with van der Waals surface area (Å²) in [4.78, 5) is 2.06. The summed E-state index contributed by atoms with van der Waals surface area (Å²) < 4.78 is 12.9. The van der Waals surface area contributed by atoms with Crippen LogP contribution in [0.3, 0.4) is 0 Å². The first kappa shape index (κ1) is 12.4. The molecule has 0 saturated carbocycles. The average molecular weight is 232 g/mol. The summed E-state index contributed by atoms with van der Waals surface area (Å²) in [6, 6.07) is 4.70. The van der Waals surface area contributed by atoms with Crippen LogP contribution in [0.15, 0.2) is 18.2 Å². The largest absolute Gasteiger partial charge is 0.395 e. The fraction of sp³-hybridized carbons (Fsp3) is 0.455. The number of hydrogen-bond acceptors (Lipinski definition) is 2. The third-order valence-electron chi connectivity index (χ3n) is 2.25. The maximum Gasteiger partial charge on any atom is 0.141 e. The van der Waals surface area contributed by atoms with Crippen LogP contribution in [0, 0.1) is 5.82 Å². The van der Waals surface area contributed by atoms with E-state index in [0.717, 1.165) is 12.1 Å². The van der Waals surface area contributed by atoms with E-state index in [-0.39, 0.29) is 11.6 Å². The zero-order valence-corrected chi connectivity index (χ0v) is 9.47.